The van der Waals surface area contributed by atoms with Crippen LogP contribution in [0, 0.1) is 5.92 Å². The molecule has 2 aliphatic rings. The molecule has 2 saturated heterocycles. The quantitative estimate of drug-likeness (QED) is 0.838. The Morgan fingerprint density at radius 2 is 1.64 bits per heavy atom. The highest BCUT2D eigenvalue weighted by Gasteiger charge is 2.40. The second-order valence-electron chi connectivity index (χ2n) is 6.58. The van der Waals surface area contributed by atoms with Crippen LogP contribution in [0.3, 0.4) is 0 Å². The van der Waals surface area contributed by atoms with Gasteiger partial charge in [-0.05, 0) is 50.4 Å². The standard InChI is InChI=1S/C18H25NO3/c1-19-14-4-5-15(19)10-13(9-14)18(20)8-12-6-16(21-2)11-17(7-12)22-3/h6-7,11,13-15H,4-5,8-10H2,1-3H3. The fraction of sp³-hybridized carbons (Fsp3) is 0.611. The number of nitrogens with zero attached hydrogens (tertiary/aromatic N) is 1. The summed E-state index contributed by atoms with van der Waals surface area (Å²) in [5.74, 6) is 2.06. The van der Waals surface area contributed by atoms with E-state index >= 15 is 0 Å². The average molecular weight is 303 g/mol. The van der Waals surface area contributed by atoms with E-state index in [9.17, 15) is 4.79 Å². The third-order valence-electron chi connectivity index (χ3n) is 5.34. The van der Waals surface area contributed by atoms with Crippen molar-refractivity contribution in [2.24, 2.45) is 5.92 Å². The second-order valence-corrected chi connectivity index (χ2v) is 6.58. The maximum Gasteiger partial charge on any atom is 0.140 e. The van der Waals surface area contributed by atoms with Crippen molar-refractivity contribution >= 4 is 5.78 Å². The molecule has 120 valence electrons. The van der Waals surface area contributed by atoms with E-state index in [1.807, 2.05) is 18.2 Å². The van der Waals surface area contributed by atoms with Gasteiger partial charge in [0, 0.05) is 30.5 Å². The maximum atomic E-state index is 12.7. The minimum absolute atomic E-state index is 0.214. The zero-order valence-corrected chi connectivity index (χ0v) is 13.7. The molecule has 4 heteroatoms. The maximum absolute atomic E-state index is 12.7. The molecule has 2 unspecified atom stereocenters. The molecule has 1 aromatic carbocycles. The van der Waals surface area contributed by atoms with Crippen molar-refractivity contribution in [2.45, 2.75) is 44.2 Å². The number of carbonyl (C=O) groups is 1. The van der Waals surface area contributed by atoms with E-state index in [0.717, 1.165) is 29.9 Å². The monoisotopic (exact) mass is 303 g/mol. The third kappa shape index (κ3) is 2.98. The van der Waals surface area contributed by atoms with Gasteiger partial charge in [0.1, 0.15) is 17.3 Å². The Morgan fingerprint density at radius 3 is 2.14 bits per heavy atom. The molecule has 0 amide bonds. The van der Waals surface area contributed by atoms with Crippen LogP contribution in [0.25, 0.3) is 0 Å². The molecule has 4 nitrogen and oxygen atoms in total. The van der Waals surface area contributed by atoms with Crippen LogP contribution in [0.5, 0.6) is 11.5 Å². The number of carbonyl (C=O) groups excluding carboxylic acids is 1. The van der Waals surface area contributed by atoms with E-state index in [0.29, 0.717) is 24.3 Å². The lowest BCUT2D eigenvalue weighted by Gasteiger charge is -2.35. The van der Waals surface area contributed by atoms with Gasteiger partial charge in [-0.25, -0.2) is 0 Å². The van der Waals surface area contributed by atoms with Gasteiger partial charge in [-0.3, -0.25) is 4.79 Å². The molecule has 2 atom stereocenters. The number of fused-ring (bicyclic) bond motifs is 2. The zero-order chi connectivity index (χ0) is 15.7. The Hall–Kier alpha value is -1.55. The number of rotatable bonds is 5. The third-order valence-corrected chi connectivity index (χ3v) is 5.34. The van der Waals surface area contributed by atoms with Gasteiger partial charge in [0.2, 0.25) is 0 Å². The summed E-state index contributed by atoms with van der Waals surface area (Å²) in [4.78, 5) is 15.2. The molecular formula is C18H25NO3. The summed E-state index contributed by atoms with van der Waals surface area (Å²) in [5, 5.41) is 0. The lowest BCUT2D eigenvalue weighted by molar-refractivity contribution is -0.124. The SMILES string of the molecule is COc1cc(CC(=O)C2CC3CCC(C2)N3C)cc(OC)c1. The topological polar surface area (TPSA) is 38.8 Å². The van der Waals surface area contributed by atoms with Gasteiger partial charge in [0.15, 0.2) is 0 Å². The molecule has 2 bridgehead atoms. The van der Waals surface area contributed by atoms with Gasteiger partial charge in [0.25, 0.3) is 0 Å². The normalized spacial score (nSPS) is 27.7. The molecule has 0 N–H and O–H groups in total. The fourth-order valence-corrected chi connectivity index (χ4v) is 3.99. The van der Waals surface area contributed by atoms with Crippen LogP contribution in [0.4, 0.5) is 0 Å². The number of ether oxygens (including phenoxy) is 2. The predicted molar refractivity (Wildman–Crippen MR) is 85.6 cm³/mol. The summed E-state index contributed by atoms with van der Waals surface area (Å²) in [7, 11) is 5.47. The number of benzene rings is 1. The Labute approximate surface area is 132 Å². The summed E-state index contributed by atoms with van der Waals surface area (Å²) >= 11 is 0. The Balaban J connectivity index is 1.69. The predicted octanol–water partition coefficient (Wildman–Crippen LogP) is 2.69. The Bertz CT molecular complexity index is 521. The van der Waals surface area contributed by atoms with Gasteiger partial charge in [0.05, 0.1) is 14.2 Å². The van der Waals surface area contributed by atoms with Crippen molar-refractivity contribution in [3.05, 3.63) is 23.8 Å². The first-order chi connectivity index (χ1) is 10.6. The van der Waals surface area contributed by atoms with Crippen molar-refractivity contribution in [3.8, 4) is 11.5 Å². The lowest BCUT2D eigenvalue weighted by Crippen LogP contribution is -2.42. The van der Waals surface area contributed by atoms with Gasteiger partial charge in [-0.2, -0.15) is 0 Å². The summed E-state index contributed by atoms with van der Waals surface area (Å²) in [5.41, 5.74) is 0.979. The summed E-state index contributed by atoms with van der Waals surface area (Å²) in [6, 6.07) is 6.91. The number of ketones is 1. The van der Waals surface area contributed by atoms with E-state index in [1.165, 1.54) is 12.8 Å². The Morgan fingerprint density at radius 1 is 1.09 bits per heavy atom. The van der Waals surface area contributed by atoms with Crippen molar-refractivity contribution < 1.29 is 14.3 Å². The van der Waals surface area contributed by atoms with Crippen LogP contribution in [-0.4, -0.2) is 44.0 Å². The summed E-state index contributed by atoms with van der Waals surface area (Å²) in [6.45, 7) is 0. The highest BCUT2D eigenvalue weighted by Crippen LogP contribution is 2.38. The van der Waals surface area contributed by atoms with Gasteiger partial charge in [-0.1, -0.05) is 0 Å². The van der Waals surface area contributed by atoms with Crippen molar-refractivity contribution in [1.29, 1.82) is 0 Å². The number of Topliss-reactive ketones (excluding diaryl/α,β-unsaturated/α-hetero) is 1. The number of methoxy groups -OCH3 is 2. The fourth-order valence-electron chi connectivity index (χ4n) is 3.99. The van der Waals surface area contributed by atoms with Gasteiger partial charge in [-0.15, -0.1) is 0 Å². The second kappa shape index (κ2) is 6.29. The minimum atomic E-state index is 0.214. The van der Waals surface area contributed by atoms with Crippen LogP contribution >= 0.6 is 0 Å². The van der Waals surface area contributed by atoms with Crippen LogP contribution in [0.2, 0.25) is 0 Å². The van der Waals surface area contributed by atoms with Crippen LogP contribution in [0.1, 0.15) is 31.2 Å². The van der Waals surface area contributed by atoms with E-state index in [1.54, 1.807) is 14.2 Å². The molecule has 0 saturated carbocycles. The first-order valence-electron chi connectivity index (χ1n) is 8.07. The van der Waals surface area contributed by atoms with E-state index in [-0.39, 0.29) is 5.92 Å². The number of piperidine rings is 1. The van der Waals surface area contributed by atoms with E-state index in [2.05, 4.69) is 11.9 Å². The molecular weight excluding hydrogens is 278 g/mol. The van der Waals surface area contributed by atoms with Gasteiger partial charge >= 0.3 is 0 Å². The molecule has 1 aromatic rings. The highest BCUT2D eigenvalue weighted by molar-refractivity contribution is 5.83. The average Bonchev–Trinajstić information content (AvgIpc) is 2.76. The summed E-state index contributed by atoms with van der Waals surface area (Å²) in [6.07, 6.45) is 5.01. The molecule has 22 heavy (non-hydrogen) atoms. The van der Waals surface area contributed by atoms with Crippen LogP contribution in [-0.2, 0) is 11.2 Å². The first-order valence-corrected chi connectivity index (χ1v) is 8.07. The van der Waals surface area contributed by atoms with Crippen LogP contribution in [0.15, 0.2) is 18.2 Å². The number of hydrogen-bond acceptors (Lipinski definition) is 4. The van der Waals surface area contributed by atoms with E-state index < -0.39 is 0 Å². The molecule has 2 fully saturated rings. The Kier molecular flexibility index (Phi) is 4.39. The van der Waals surface area contributed by atoms with Gasteiger partial charge < -0.3 is 14.4 Å². The van der Waals surface area contributed by atoms with E-state index in [4.69, 9.17) is 9.47 Å². The molecule has 0 aromatic heterocycles. The molecule has 2 heterocycles. The van der Waals surface area contributed by atoms with Crippen LogP contribution < -0.4 is 9.47 Å². The summed E-state index contributed by atoms with van der Waals surface area (Å²) < 4.78 is 10.6. The van der Waals surface area contributed by atoms with Crippen molar-refractivity contribution in [3.63, 3.8) is 0 Å². The lowest BCUT2D eigenvalue weighted by atomic mass is 9.85. The highest BCUT2D eigenvalue weighted by atomic mass is 16.5. The van der Waals surface area contributed by atoms with Crippen molar-refractivity contribution in [2.75, 3.05) is 21.3 Å². The largest absolute Gasteiger partial charge is 0.497 e. The first kappa shape index (κ1) is 15.3. The molecule has 3 rings (SSSR count). The molecule has 0 spiro atoms. The minimum Gasteiger partial charge on any atom is -0.497 e. The molecule has 2 aliphatic heterocycles. The smallest absolute Gasteiger partial charge is 0.140 e. The molecule has 0 aliphatic carbocycles. The van der Waals surface area contributed by atoms with Crippen molar-refractivity contribution in [1.82, 2.24) is 4.90 Å². The number of hydrogen-bond donors (Lipinski definition) is 0. The zero-order valence-electron chi connectivity index (χ0n) is 13.7. The molecule has 0 radical (unpaired) electrons.